The van der Waals surface area contributed by atoms with Gasteiger partial charge in [0.15, 0.2) is 0 Å². The van der Waals surface area contributed by atoms with Crippen molar-refractivity contribution in [2.24, 2.45) is 0 Å². The molecule has 0 saturated heterocycles. The summed E-state index contributed by atoms with van der Waals surface area (Å²) in [4.78, 5) is 24.2. The molecule has 0 fully saturated rings. The molecule has 0 radical (unpaired) electrons. The van der Waals surface area contributed by atoms with Crippen LogP contribution in [0, 0.1) is 0 Å². The first-order valence-corrected chi connectivity index (χ1v) is 5.87. The van der Waals surface area contributed by atoms with Gasteiger partial charge >= 0.3 is 5.97 Å². The van der Waals surface area contributed by atoms with Crippen molar-refractivity contribution in [1.29, 1.82) is 0 Å². The van der Waals surface area contributed by atoms with E-state index >= 15 is 0 Å². The van der Waals surface area contributed by atoms with Gasteiger partial charge in [-0.1, -0.05) is 6.07 Å². The van der Waals surface area contributed by atoms with Gasteiger partial charge in [0.25, 0.3) is 5.91 Å². The third-order valence-corrected chi connectivity index (χ3v) is 3.23. The Balaban J connectivity index is 2.45. The summed E-state index contributed by atoms with van der Waals surface area (Å²) in [5, 5.41) is 4.53. The maximum Gasteiger partial charge on any atom is 0.340 e. The molecule has 1 N–H and O–H groups in total. The Hall–Kier alpha value is -1.88. The van der Waals surface area contributed by atoms with Crippen molar-refractivity contribution < 1.29 is 14.3 Å². The zero-order valence-electron chi connectivity index (χ0n) is 9.44. The largest absolute Gasteiger partial charge is 0.465 e. The topological polar surface area (TPSA) is 55.4 Å². The summed E-state index contributed by atoms with van der Waals surface area (Å²) in [5.41, 5.74) is 1.20. The van der Waals surface area contributed by atoms with Crippen LogP contribution in [-0.2, 0) is 14.3 Å². The number of ether oxygens (including phenoxy) is 1. The number of methoxy groups -OCH3 is 1. The van der Waals surface area contributed by atoms with Crippen molar-refractivity contribution in [3.05, 3.63) is 39.2 Å². The Kier molecular flexibility index (Phi) is 3.10. The number of hydrogen-bond acceptors (Lipinski definition) is 4. The van der Waals surface area contributed by atoms with E-state index in [1.54, 1.807) is 13.0 Å². The lowest BCUT2D eigenvalue weighted by Gasteiger charge is -2.01. The van der Waals surface area contributed by atoms with Crippen molar-refractivity contribution >= 4 is 29.3 Å². The van der Waals surface area contributed by atoms with E-state index in [1.807, 2.05) is 17.5 Å². The van der Waals surface area contributed by atoms with Crippen LogP contribution in [0.3, 0.4) is 0 Å². The molecule has 0 aliphatic carbocycles. The normalized spacial score (nSPS) is 17.5. The highest BCUT2D eigenvalue weighted by Gasteiger charge is 2.30. The Labute approximate surface area is 103 Å². The van der Waals surface area contributed by atoms with E-state index in [0.717, 1.165) is 4.88 Å². The molecule has 0 unspecified atom stereocenters. The molecule has 2 rings (SSSR count). The monoisotopic (exact) mass is 249 g/mol. The number of carbonyl (C=O) groups excluding carboxylic acids is 2. The molecular formula is C12H11NO3S. The van der Waals surface area contributed by atoms with Gasteiger partial charge in [-0.25, -0.2) is 4.79 Å². The third kappa shape index (κ3) is 2.14. The predicted octanol–water partition coefficient (Wildman–Crippen LogP) is 1.71. The van der Waals surface area contributed by atoms with Gasteiger partial charge in [-0.15, -0.1) is 11.3 Å². The lowest BCUT2D eigenvalue weighted by molar-refractivity contribution is -0.136. The van der Waals surface area contributed by atoms with Gasteiger partial charge in [-0.2, -0.15) is 0 Å². The molecule has 1 aliphatic heterocycles. The molecular weight excluding hydrogens is 238 g/mol. The summed E-state index contributed by atoms with van der Waals surface area (Å²) in [6.45, 7) is 1.68. The van der Waals surface area contributed by atoms with Crippen LogP contribution in [0.4, 0.5) is 0 Å². The molecule has 0 spiro atoms. The Bertz CT molecular complexity index is 526. The summed E-state index contributed by atoms with van der Waals surface area (Å²) in [6, 6.07) is 3.77. The first kappa shape index (κ1) is 11.6. The van der Waals surface area contributed by atoms with Crippen LogP contribution in [0.2, 0.25) is 0 Å². The van der Waals surface area contributed by atoms with Crippen molar-refractivity contribution in [1.82, 2.24) is 5.32 Å². The highest BCUT2D eigenvalue weighted by Crippen LogP contribution is 2.25. The van der Waals surface area contributed by atoms with E-state index in [1.165, 1.54) is 18.4 Å². The highest BCUT2D eigenvalue weighted by atomic mass is 32.1. The molecule has 0 saturated carbocycles. The zero-order chi connectivity index (χ0) is 12.4. The molecule has 88 valence electrons. The average Bonchev–Trinajstić information content (AvgIpc) is 2.88. The molecule has 2 heterocycles. The molecule has 1 aliphatic rings. The molecule has 17 heavy (non-hydrogen) atoms. The maximum absolute atomic E-state index is 11.7. The Morgan fingerprint density at radius 1 is 1.53 bits per heavy atom. The van der Waals surface area contributed by atoms with Crippen molar-refractivity contribution in [2.45, 2.75) is 6.92 Å². The number of nitrogens with one attached hydrogen (secondary N) is 1. The van der Waals surface area contributed by atoms with Crippen molar-refractivity contribution in [3.63, 3.8) is 0 Å². The van der Waals surface area contributed by atoms with E-state index < -0.39 is 5.97 Å². The predicted molar refractivity (Wildman–Crippen MR) is 65.2 cm³/mol. The number of allylic oxidation sites excluding steroid dienone is 1. The summed E-state index contributed by atoms with van der Waals surface area (Å²) in [6.07, 6.45) is 1.70. The molecule has 1 amide bonds. The second-order valence-corrected chi connectivity index (χ2v) is 4.50. The first-order chi connectivity index (χ1) is 8.13. The Morgan fingerprint density at radius 3 is 2.88 bits per heavy atom. The quantitative estimate of drug-likeness (QED) is 0.641. The minimum atomic E-state index is -0.497. The van der Waals surface area contributed by atoms with Gasteiger partial charge < -0.3 is 10.1 Å². The first-order valence-electron chi connectivity index (χ1n) is 4.99. The van der Waals surface area contributed by atoms with Crippen LogP contribution >= 0.6 is 11.3 Å². The lowest BCUT2D eigenvalue weighted by Crippen LogP contribution is -2.15. The fourth-order valence-electron chi connectivity index (χ4n) is 1.63. The SMILES string of the molecule is COC(=O)C1=C(C)NC(=O)/C1=C\c1cccs1. The van der Waals surface area contributed by atoms with E-state index in [4.69, 9.17) is 0 Å². The molecule has 0 aromatic carbocycles. The number of esters is 1. The summed E-state index contributed by atoms with van der Waals surface area (Å²) < 4.78 is 4.68. The smallest absolute Gasteiger partial charge is 0.340 e. The van der Waals surface area contributed by atoms with Crippen LogP contribution in [0.5, 0.6) is 0 Å². The van der Waals surface area contributed by atoms with Gasteiger partial charge in [-0.05, 0) is 24.4 Å². The molecule has 1 aromatic heterocycles. The maximum atomic E-state index is 11.7. The number of amides is 1. The van der Waals surface area contributed by atoms with Crippen molar-refractivity contribution in [3.8, 4) is 0 Å². The van der Waals surface area contributed by atoms with Crippen LogP contribution in [0.15, 0.2) is 34.4 Å². The second kappa shape index (κ2) is 4.55. The molecule has 4 nitrogen and oxygen atoms in total. The number of carbonyl (C=O) groups is 2. The van der Waals surface area contributed by atoms with E-state index in [9.17, 15) is 9.59 Å². The molecule has 5 heteroatoms. The van der Waals surface area contributed by atoms with E-state index in [0.29, 0.717) is 16.8 Å². The minimum absolute atomic E-state index is 0.267. The van der Waals surface area contributed by atoms with E-state index in [2.05, 4.69) is 10.1 Å². The molecule has 1 aromatic rings. The number of thiophene rings is 1. The Morgan fingerprint density at radius 2 is 2.29 bits per heavy atom. The fraction of sp³-hybridized carbons (Fsp3) is 0.167. The van der Waals surface area contributed by atoms with Gasteiger partial charge in [-0.3, -0.25) is 4.79 Å². The fourth-order valence-corrected chi connectivity index (χ4v) is 2.29. The van der Waals surface area contributed by atoms with Gasteiger partial charge in [0.1, 0.15) is 0 Å². The minimum Gasteiger partial charge on any atom is -0.465 e. The van der Waals surface area contributed by atoms with Crippen molar-refractivity contribution in [2.75, 3.05) is 7.11 Å². The molecule has 0 atom stereocenters. The number of hydrogen-bond donors (Lipinski definition) is 1. The zero-order valence-corrected chi connectivity index (χ0v) is 10.3. The van der Waals surface area contributed by atoms with E-state index in [-0.39, 0.29) is 5.91 Å². The summed E-state index contributed by atoms with van der Waals surface area (Å²) >= 11 is 1.50. The average molecular weight is 249 g/mol. The second-order valence-electron chi connectivity index (χ2n) is 3.52. The summed E-state index contributed by atoms with van der Waals surface area (Å²) in [7, 11) is 1.30. The van der Waals surface area contributed by atoms with Gasteiger partial charge in [0.2, 0.25) is 0 Å². The lowest BCUT2D eigenvalue weighted by atomic mass is 10.1. The van der Waals surface area contributed by atoms with Crippen LogP contribution in [-0.4, -0.2) is 19.0 Å². The standard InChI is InChI=1S/C12H11NO3S/c1-7-10(12(15)16-2)9(11(14)13-7)6-8-4-3-5-17-8/h3-6H,1-2H3,(H,13,14)/b9-6-. The van der Waals surface area contributed by atoms with Crippen LogP contribution < -0.4 is 5.32 Å². The summed E-state index contributed by atoms with van der Waals surface area (Å²) in [5.74, 6) is -0.764. The van der Waals surface area contributed by atoms with Crippen LogP contribution in [0.1, 0.15) is 11.8 Å². The highest BCUT2D eigenvalue weighted by molar-refractivity contribution is 7.10. The van der Waals surface area contributed by atoms with Gasteiger partial charge in [0.05, 0.1) is 18.3 Å². The third-order valence-electron chi connectivity index (χ3n) is 2.41. The number of rotatable bonds is 2. The van der Waals surface area contributed by atoms with Crippen LogP contribution in [0.25, 0.3) is 6.08 Å². The molecule has 0 bridgehead atoms. The van der Waals surface area contributed by atoms with Gasteiger partial charge in [0, 0.05) is 10.6 Å².